The molecule has 1 heterocycles. The molecule has 0 aromatic carbocycles. The largest absolute Gasteiger partial charge is 0.317 e. The molecule has 0 saturated carbocycles. The lowest BCUT2D eigenvalue weighted by atomic mass is 10.1. The van der Waals surface area contributed by atoms with Gasteiger partial charge in [0.25, 0.3) is 0 Å². The molecule has 0 aliphatic carbocycles. The summed E-state index contributed by atoms with van der Waals surface area (Å²) in [5, 5.41) is 0.958. The molecule has 3 nitrogen and oxygen atoms in total. The van der Waals surface area contributed by atoms with E-state index in [0.29, 0.717) is 0 Å². The highest BCUT2D eigenvalue weighted by molar-refractivity contribution is 7.11. The van der Waals surface area contributed by atoms with Gasteiger partial charge in [0, 0.05) is 0 Å². The summed E-state index contributed by atoms with van der Waals surface area (Å²) in [6.45, 7) is 5.29. The number of carbonyl (C=O) groups is 1. The Balaban J connectivity index is 3.02. The van der Waals surface area contributed by atoms with Gasteiger partial charge in [-0.25, -0.2) is 4.98 Å². The summed E-state index contributed by atoms with van der Waals surface area (Å²) < 4.78 is 0. The molecule has 1 aromatic heterocycles. The lowest BCUT2D eigenvalue weighted by Crippen LogP contribution is -2.18. The second-order valence-electron chi connectivity index (χ2n) is 2.77. The van der Waals surface area contributed by atoms with E-state index in [-0.39, 0.29) is 5.78 Å². The van der Waals surface area contributed by atoms with Crippen LogP contribution < -0.4 is 5.73 Å². The van der Waals surface area contributed by atoms with Gasteiger partial charge in [-0.15, -0.1) is 11.3 Å². The smallest absolute Gasteiger partial charge is 0.151 e. The third-order valence-electron chi connectivity index (χ3n) is 1.66. The lowest BCUT2D eigenvalue weighted by Gasteiger charge is -2.04. The number of carbonyl (C=O) groups excluding carboxylic acids is 1. The van der Waals surface area contributed by atoms with Crippen LogP contribution >= 0.6 is 11.3 Å². The van der Waals surface area contributed by atoms with Gasteiger partial charge in [-0.1, -0.05) is 0 Å². The van der Waals surface area contributed by atoms with E-state index >= 15 is 0 Å². The first-order valence-electron chi connectivity index (χ1n) is 3.72. The fourth-order valence-electron chi connectivity index (χ4n) is 1.02. The van der Waals surface area contributed by atoms with Crippen LogP contribution in [-0.2, 0) is 4.79 Å². The summed E-state index contributed by atoms with van der Waals surface area (Å²) in [6, 6.07) is -0.490. The van der Waals surface area contributed by atoms with Crippen molar-refractivity contribution in [2.75, 3.05) is 0 Å². The number of nitrogens with two attached hydrogens (primary N) is 1. The summed E-state index contributed by atoms with van der Waals surface area (Å²) in [5.41, 5.74) is 6.55. The highest BCUT2D eigenvalue weighted by atomic mass is 32.1. The predicted octanol–water partition coefficient (Wildman–Crippen LogP) is 1.35. The summed E-state index contributed by atoms with van der Waals surface area (Å²) >= 11 is 1.49. The van der Waals surface area contributed by atoms with Crippen molar-refractivity contribution in [2.45, 2.75) is 26.8 Å². The number of nitrogens with zero attached hydrogens (tertiary/aromatic N) is 1. The number of ketones is 1. The molecule has 0 bridgehead atoms. The van der Waals surface area contributed by atoms with Crippen LogP contribution in [0.15, 0.2) is 0 Å². The molecule has 0 aliphatic heterocycles. The van der Waals surface area contributed by atoms with Crippen molar-refractivity contribution < 1.29 is 4.79 Å². The Morgan fingerprint density at radius 1 is 1.58 bits per heavy atom. The van der Waals surface area contributed by atoms with E-state index in [1.807, 2.05) is 13.8 Å². The molecule has 0 spiro atoms. The molecule has 0 radical (unpaired) electrons. The van der Waals surface area contributed by atoms with E-state index in [1.165, 1.54) is 18.3 Å². The first-order chi connectivity index (χ1) is 5.52. The zero-order valence-electron chi connectivity index (χ0n) is 7.42. The van der Waals surface area contributed by atoms with Crippen molar-refractivity contribution >= 4 is 17.1 Å². The van der Waals surface area contributed by atoms with Gasteiger partial charge in [0.1, 0.15) is 6.04 Å². The number of Topliss-reactive ketones (excluding diaryl/α,β-unsaturated/α-hetero) is 1. The van der Waals surface area contributed by atoms with Gasteiger partial charge in [-0.2, -0.15) is 0 Å². The minimum absolute atomic E-state index is 0.0123. The maximum atomic E-state index is 11.0. The van der Waals surface area contributed by atoms with Crippen LogP contribution in [0.5, 0.6) is 0 Å². The molecule has 66 valence electrons. The van der Waals surface area contributed by atoms with Gasteiger partial charge in [0.15, 0.2) is 5.78 Å². The van der Waals surface area contributed by atoms with Gasteiger partial charge in [0.05, 0.1) is 15.6 Å². The van der Waals surface area contributed by atoms with Gasteiger partial charge in [-0.3, -0.25) is 4.79 Å². The van der Waals surface area contributed by atoms with E-state index in [0.717, 1.165) is 15.6 Å². The third-order valence-corrected chi connectivity index (χ3v) is 2.82. The molecule has 0 fully saturated rings. The predicted molar refractivity (Wildman–Crippen MR) is 49.2 cm³/mol. The highest BCUT2D eigenvalue weighted by Crippen LogP contribution is 2.23. The van der Waals surface area contributed by atoms with Gasteiger partial charge < -0.3 is 5.73 Å². The number of rotatable bonds is 2. The minimum Gasteiger partial charge on any atom is -0.317 e. The van der Waals surface area contributed by atoms with Crippen LogP contribution in [0.3, 0.4) is 0 Å². The molecule has 4 heteroatoms. The Morgan fingerprint density at radius 3 is 2.50 bits per heavy atom. The summed E-state index contributed by atoms with van der Waals surface area (Å²) in [5.74, 6) is -0.0123. The maximum absolute atomic E-state index is 11.0. The molecule has 0 saturated heterocycles. The lowest BCUT2D eigenvalue weighted by molar-refractivity contribution is -0.118. The number of hydrogen-bond donors (Lipinski definition) is 1. The van der Waals surface area contributed by atoms with Gasteiger partial charge in [-0.05, 0) is 20.8 Å². The zero-order chi connectivity index (χ0) is 9.30. The first-order valence-corrected chi connectivity index (χ1v) is 4.54. The number of thiazole rings is 1. The minimum atomic E-state index is -0.490. The second-order valence-corrected chi connectivity index (χ2v) is 4.01. The Bertz CT molecular complexity index is 306. The Hall–Kier alpha value is -0.740. The van der Waals surface area contributed by atoms with Crippen molar-refractivity contribution in [3.8, 4) is 0 Å². The van der Waals surface area contributed by atoms with E-state index in [4.69, 9.17) is 5.73 Å². The van der Waals surface area contributed by atoms with E-state index in [9.17, 15) is 4.79 Å². The maximum Gasteiger partial charge on any atom is 0.151 e. The average molecular weight is 184 g/mol. The summed E-state index contributed by atoms with van der Waals surface area (Å²) in [7, 11) is 0. The van der Waals surface area contributed by atoms with Crippen LogP contribution in [-0.4, -0.2) is 10.8 Å². The Morgan fingerprint density at radius 2 is 2.17 bits per heavy atom. The zero-order valence-corrected chi connectivity index (χ0v) is 8.23. The number of aromatic nitrogens is 1. The van der Waals surface area contributed by atoms with Crippen LogP contribution in [0.4, 0.5) is 0 Å². The first kappa shape index (κ1) is 9.35. The molecule has 1 unspecified atom stereocenters. The standard InChI is InChI=1S/C8H12N2OS/c1-4-8(7(9)5(2)11)12-6(3)10-4/h7H,9H2,1-3H3. The molecular weight excluding hydrogens is 172 g/mol. The Kier molecular flexibility index (Phi) is 2.59. The molecule has 12 heavy (non-hydrogen) atoms. The van der Waals surface area contributed by atoms with E-state index in [1.54, 1.807) is 0 Å². The molecular formula is C8H12N2OS. The molecule has 1 rings (SSSR count). The van der Waals surface area contributed by atoms with Crippen LogP contribution in [0, 0.1) is 13.8 Å². The summed E-state index contributed by atoms with van der Waals surface area (Å²) in [6.07, 6.45) is 0. The highest BCUT2D eigenvalue weighted by Gasteiger charge is 2.16. The van der Waals surface area contributed by atoms with Gasteiger partial charge in [0.2, 0.25) is 0 Å². The SMILES string of the molecule is CC(=O)C(N)c1sc(C)nc1C. The van der Waals surface area contributed by atoms with Crippen molar-refractivity contribution in [1.82, 2.24) is 4.98 Å². The fraction of sp³-hybridized carbons (Fsp3) is 0.500. The topological polar surface area (TPSA) is 56.0 Å². The van der Waals surface area contributed by atoms with Crippen LogP contribution in [0.2, 0.25) is 0 Å². The van der Waals surface area contributed by atoms with Crippen LogP contribution in [0.1, 0.15) is 28.5 Å². The van der Waals surface area contributed by atoms with E-state index in [2.05, 4.69) is 4.98 Å². The monoisotopic (exact) mass is 184 g/mol. The Labute approximate surface area is 75.6 Å². The third kappa shape index (κ3) is 1.70. The second kappa shape index (κ2) is 3.33. The molecule has 1 atom stereocenters. The average Bonchev–Trinajstić information content (AvgIpc) is 2.28. The number of aryl methyl sites for hydroxylation is 2. The summed E-state index contributed by atoms with van der Waals surface area (Å²) in [4.78, 5) is 16.0. The van der Waals surface area contributed by atoms with Crippen molar-refractivity contribution in [1.29, 1.82) is 0 Å². The normalized spacial score (nSPS) is 13.0. The number of hydrogen-bond acceptors (Lipinski definition) is 4. The van der Waals surface area contributed by atoms with Crippen LogP contribution in [0.25, 0.3) is 0 Å². The van der Waals surface area contributed by atoms with E-state index < -0.39 is 6.04 Å². The van der Waals surface area contributed by atoms with Crippen molar-refractivity contribution in [2.24, 2.45) is 5.73 Å². The molecule has 1 aromatic rings. The quantitative estimate of drug-likeness (QED) is 0.754. The molecule has 2 N–H and O–H groups in total. The molecule has 0 aliphatic rings. The van der Waals surface area contributed by atoms with Crippen molar-refractivity contribution in [3.05, 3.63) is 15.6 Å². The molecule has 0 amide bonds. The fourth-order valence-corrected chi connectivity index (χ4v) is 2.01. The van der Waals surface area contributed by atoms with Crippen molar-refractivity contribution in [3.63, 3.8) is 0 Å². The van der Waals surface area contributed by atoms with Gasteiger partial charge >= 0.3 is 0 Å².